The predicted molar refractivity (Wildman–Crippen MR) is 151 cm³/mol. The summed E-state index contributed by atoms with van der Waals surface area (Å²) >= 11 is 0. The van der Waals surface area contributed by atoms with E-state index in [1.165, 1.54) is 18.2 Å². The number of unbranched alkanes of at least 4 members (excludes halogenated alkanes) is 4. The van der Waals surface area contributed by atoms with Crippen molar-refractivity contribution in [2.45, 2.75) is 77.5 Å². The summed E-state index contributed by atoms with van der Waals surface area (Å²) in [6.45, 7) is 2.13. The molecule has 0 aliphatic carbocycles. The van der Waals surface area contributed by atoms with Crippen LogP contribution in [0.15, 0.2) is 54.6 Å². The number of halogens is 8. The number of fused-ring (bicyclic) bond motifs is 1. The molecular weight excluding hydrogens is 576 g/mol. The van der Waals surface area contributed by atoms with Gasteiger partial charge in [0.25, 0.3) is 0 Å². The van der Waals surface area contributed by atoms with Crippen molar-refractivity contribution in [3.8, 4) is 5.75 Å². The molecule has 0 radical (unpaired) electrons. The van der Waals surface area contributed by atoms with Crippen LogP contribution in [-0.4, -0.2) is 6.36 Å². The summed E-state index contributed by atoms with van der Waals surface area (Å²) in [6, 6.07) is 12.5. The fourth-order valence-corrected chi connectivity index (χ4v) is 5.22. The van der Waals surface area contributed by atoms with Crippen molar-refractivity contribution in [1.29, 1.82) is 0 Å². The molecule has 43 heavy (non-hydrogen) atoms. The highest BCUT2D eigenvalue weighted by Crippen LogP contribution is 2.30. The van der Waals surface area contributed by atoms with E-state index in [1.807, 2.05) is 0 Å². The minimum absolute atomic E-state index is 0.0160. The van der Waals surface area contributed by atoms with Crippen molar-refractivity contribution in [2.75, 3.05) is 0 Å². The van der Waals surface area contributed by atoms with Crippen molar-refractivity contribution in [3.63, 3.8) is 0 Å². The van der Waals surface area contributed by atoms with Gasteiger partial charge in [-0.3, -0.25) is 0 Å². The number of hydrogen-bond donors (Lipinski definition) is 0. The highest BCUT2D eigenvalue weighted by Gasteiger charge is 2.34. The molecule has 1 nitrogen and oxygen atoms in total. The third-order valence-electron chi connectivity index (χ3n) is 7.49. The van der Waals surface area contributed by atoms with Crippen LogP contribution in [-0.2, 0) is 32.1 Å². The maximum Gasteiger partial charge on any atom is 0.573 e. The molecule has 0 unspecified atom stereocenters. The van der Waals surface area contributed by atoms with Gasteiger partial charge >= 0.3 is 6.36 Å². The Bertz CT molecular complexity index is 1510. The molecule has 0 heterocycles. The number of alkyl halides is 3. The summed E-state index contributed by atoms with van der Waals surface area (Å²) in [6.07, 6.45) is 1.18. The van der Waals surface area contributed by atoms with Crippen molar-refractivity contribution in [2.24, 2.45) is 0 Å². The van der Waals surface area contributed by atoms with E-state index in [4.69, 9.17) is 0 Å². The van der Waals surface area contributed by atoms with Gasteiger partial charge in [-0.1, -0.05) is 62.9 Å². The number of hydrogen-bond acceptors (Lipinski definition) is 1. The van der Waals surface area contributed by atoms with Crippen LogP contribution in [0.1, 0.15) is 66.8 Å². The highest BCUT2D eigenvalue weighted by atomic mass is 19.4. The summed E-state index contributed by atoms with van der Waals surface area (Å²) in [5.41, 5.74) is 1.73. The molecule has 230 valence electrons. The molecule has 4 rings (SSSR count). The van der Waals surface area contributed by atoms with E-state index in [1.54, 1.807) is 24.3 Å². The van der Waals surface area contributed by atoms with Gasteiger partial charge in [-0.15, -0.1) is 13.2 Å². The summed E-state index contributed by atoms with van der Waals surface area (Å²) in [7, 11) is 0. The van der Waals surface area contributed by atoms with Gasteiger partial charge in [0.15, 0.2) is 11.6 Å². The molecule has 0 spiro atoms. The number of aryl methyl sites for hydroxylation is 4. The van der Waals surface area contributed by atoms with Crippen LogP contribution >= 0.6 is 0 Å². The Morgan fingerprint density at radius 1 is 0.581 bits per heavy atom. The molecule has 0 aromatic heterocycles. The van der Waals surface area contributed by atoms with Gasteiger partial charge in [-0.05, 0) is 90.4 Å². The van der Waals surface area contributed by atoms with Gasteiger partial charge in [0.2, 0.25) is 5.75 Å². The third-order valence-corrected chi connectivity index (χ3v) is 7.49. The van der Waals surface area contributed by atoms with Gasteiger partial charge in [-0.25, -0.2) is 22.0 Å². The first-order chi connectivity index (χ1) is 20.4. The zero-order valence-electron chi connectivity index (χ0n) is 23.7. The smallest absolute Gasteiger partial charge is 0.399 e. The van der Waals surface area contributed by atoms with Crippen LogP contribution in [0.25, 0.3) is 10.8 Å². The second-order valence-electron chi connectivity index (χ2n) is 10.7. The fourth-order valence-electron chi connectivity index (χ4n) is 5.22. The molecular formula is C34H32F8O. The van der Waals surface area contributed by atoms with Crippen molar-refractivity contribution in [1.82, 2.24) is 0 Å². The zero-order valence-corrected chi connectivity index (χ0v) is 23.7. The highest BCUT2D eigenvalue weighted by molar-refractivity contribution is 5.84. The van der Waals surface area contributed by atoms with E-state index in [0.29, 0.717) is 29.2 Å². The van der Waals surface area contributed by atoms with Gasteiger partial charge in [0.1, 0.15) is 17.5 Å². The average Bonchev–Trinajstić information content (AvgIpc) is 2.93. The van der Waals surface area contributed by atoms with Gasteiger partial charge in [0.05, 0.1) is 0 Å². The normalized spacial score (nSPS) is 11.8. The van der Waals surface area contributed by atoms with Crippen molar-refractivity contribution in [3.05, 3.63) is 112 Å². The Morgan fingerprint density at radius 2 is 1.19 bits per heavy atom. The lowest BCUT2D eigenvalue weighted by molar-refractivity contribution is -0.276. The standard InChI is InChI=1S/C34H32F8O/c1-2-3-4-5-6-7-22-17-28(35)27(29(36)18-22)15-10-21-9-14-26-25(16-21)13-12-24(32(26)39)11-8-23-19-30(37)33(31(38)20-23)43-34(40,41)42/h9,12-14,16-20H,2-8,10-11,15H2,1H3. The number of ether oxygens (including phenoxy) is 1. The maximum absolute atomic E-state index is 15.3. The van der Waals surface area contributed by atoms with Crippen LogP contribution in [0.4, 0.5) is 35.1 Å². The molecule has 0 aliphatic rings. The molecule has 0 fully saturated rings. The zero-order chi connectivity index (χ0) is 31.1. The van der Waals surface area contributed by atoms with E-state index in [9.17, 15) is 30.7 Å². The van der Waals surface area contributed by atoms with Crippen LogP contribution in [0.2, 0.25) is 0 Å². The van der Waals surface area contributed by atoms with Gasteiger partial charge in [-0.2, -0.15) is 0 Å². The second kappa shape index (κ2) is 14.2. The van der Waals surface area contributed by atoms with Crippen LogP contribution in [0.5, 0.6) is 5.75 Å². The average molecular weight is 609 g/mol. The molecule has 0 N–H and O–H groups in total. The van der Waals surface area contributed by atoms with Crippen LogP contribution in [0, 0.1) is 29.1 Å². The maximum atomic E-state index is 15.3. The predicted octanol–water partition coefficient (Wildman–Crippen LogP) is 10.5. The minimum atomic E-state index is -5.25. The molecule has 0 atom stereocenters. The topological polar surface area (TPSA) is 9.23 Å². The summed E-state index contributed by atoms with van der Waals surface area (Å²) < 4.78 is 113. The SMILES string of the molecule is CCCCCCCc1cc(F)c(CCc2ccc3c(F)c(CCc4cc(F)c(OC(F)(F)F)c(F)c4)ccc3c2)c(F)c1. The molecule has 0 amide bonds. The van der Waals surface area contributed by atoms with E-state index < -0.39 is 41.2 Å². The van der Waals surface area contributed by atoms with Gasteiger partial charge in [0, 0.05) is 10.9 Å². The lowest BCUT2D eigenvalue weighted by atomic mass is 9.96. The molecule has 9 heteroatoms. The summed E-state index contributed by atoms with van der Waals surface area (Å²) in [4.78, 5) is 0. The Labute approximate surface area is 245 Å². The quantitative estimate of drug-likeness (QED) is 0.108. The Morgan fingerprint density at radius 3 is 1.84 bits per heavy atom. The fraction of sp³-hybridized carbons (Fsp3) is 0.353. The molecule has 4 aromatic carbocycles. The molecule has 0 saturated heterocycles. The van der Waals surface area contributed by atoms with Crippen LogP contribution in [0.3, 0.4) is 0 Å². The largest absolute Gasteiger partial charge is 0.573 e. The monoisotopic (exact) mass is 608 g/mol. The van der Waals surface area contributed by atoms with E-state index >= 15 is 4.39 Å². The Kier molecular flexibility index (Phi) is 10.7. The lowest BCUT2D eigenvalue weighted by Crippen LogP contribution is -2.19. The first-order valence-corrected chi connectivity index (χ1v) is 14.4. The number of benzene rings is 4. The summed E-state index contributed by atoms with van der Waals surface area (Å²) in [5, 5.41) is 0.872. The third kappa shape index (κ3) is 8.71. The minimum Gasteiger partial charge on any atom is -0.399 e. The first-order valence-electron chi connectivity index (χ1n) is 14.4. The molecule has 0 bridgehead atoms. The summed E-state index contributed by atoms with van der Waals surface area (Å²) in [5.74, 6) is -6.23. The molecule has 0 aliphatic heterocycles. The first kappa shape index (κ1) is 32.3. The van der Waals surface area contributed by atoms with E-state index in [2.05, 4.69) is 11.7 Å². The van der Waals surface area contributed by atoms with Gasteiger partial charge < -0.3 is 4.74 Å². The lowest BCUT2D eigenvalue weighted by Gasteiger charge is -2.12. The molecule has 4 aromatic rings. The Balaban J connectivity index is 1.39. The van der Waals surface area contributed by atoms with E-state index in [-0.39, 0.29) is 36.0 Å². The molecule has 0 saturated carbocycles. The van der Waals surface area contributed by atoms with Crippen molar-refractivity contribution >= 4 is 10.8 Å². The van der Waals surface area contributed by atoms with Crippen molar-refractivity contribution < 1.29 is 39.9 Å². The second-order valence-corrected chi connectivity index (χ2v) is 10.7. The Hall–Kier alpha value is -3.62. The van der Waals surface area contributed by atoms with E-state index in [0.717, 1.165) is 49.8 Å². The number of rotatable bonds is 13. The van der Waals surface area contributed by atoms with Crippen LogP contribution < -0.4 is 4.74 Å².